The number of hydrogen-bond acceptors (Lipinski definition) is 3. The van der Waals surface area contributed by atoms with Gasteiger partial charge in [0.1, 0.15) is 37.3 Å². The Labute approximate surface area is 152 Å². The molecule has 0 atom stereocenters. The molecular weight excluding hydrogens is 340 g/mol. The molecule has 1 aromatic heterocycles. The maximum atomic E-state index is 11.9. The van der Waals surface area contributed by atoms with Crippen LogP contribution < -0.4 is 15.8 Å². The van der Waals surface area contributed by atoms with Crippen LogP contribution in [0.4, 0.5) is 0 Å². The van der Waals surface area contributed by atoms with Crippen LogP contribution in [-0.2, 0) is 11.3 Å². The number of nitrogens with one attached hydrogen (secondary N) is 1. The number of ether oxygens (including phenoxy) is 1. The van der Waals surface area contributed by atoms with E-state index in [1.54, 1.807) is 11.0 Å². The van der Waals surface area contributed by atoms with Crippen LogP contribution in [0.25, 0.3) is 11.0 Å². The van der Waals surface area contributed by atoms with Gasteiger partial charge in [-0.25, -0.2) is 4.79 Å². The fourth-order valence-corrected chi connectivity index (χ4v) is 3.71. The first kappa shape index (κ1) is 18.4. The quantitative estimate of drug-likeness (QED) is 0.758. The topological polar surface area (TPSA) is 60.5 Å². The Morgan fingerprint density at radius 2 is 1.96 bits per heavy atom. The summed E-state index contributed by atoms with van der Waals surface area (Å²) in [6.07, 6.45) is 0. The fourth-order valence-electron chi connectivity index (χ4n) is 3.54. The van der Waals surface area contributed by atoms with Gasteiger partial charge in [0.05, 0.1) is 13.2 Å². The Kier molecular flexibility index (Phi) is 5.49. The van der Waals surface area contributed by atoms with Gasteiger partial charge in [-0.1, -0.05) is 11.6 Å². The highest BCUT2D eigenvalue weighted by Crippen LogP contribution is 2.24. The van der Waals surface area contributed by atoms with Crippen LogP contribution in [0, 0.1) is 6.92 Å². The van der Waals surface area contributed by atoms with Gasteiger partial charge in [0, 0.05) is 22.0 Å². The number of halogens is 1. The third kappa shape index (κ3) is 4.23. The van der Waals surface area contributed by atoms with Crippen LogP contribution in [0.15, 0.2) is 27.4 Å². The Bertz CT molecular complexity index is 810. The van der Waals surface area contributed by atoms with E-state index in [1.807, 2.05) is 19.1 Å². The summed E-state index contributed by atoms with van der Waals surface area (Å²) in [5.41, 5.74) is 2.34. The van der Waals surface area contributed by atoms with Crippen molar-refractivity contribution in [1.82, 2.24) is 0 Å². The van der Waals surface area contributed by atoms with E-state index in [4.69, 9.17) is 20.8 Å². The number of hydrogen-bond donors (Lipinski definition) is 2. The zero-order chi connectivity index (χ0) is 18.0. The molecule has 5 nitrogen and oxygen atoms in total. The number of fused-ring (bicyclic) bond motifs is 1. The summed E-state index contributed by atoms with van der Waals surface area (Å²) in [4.78, 5) is 13.5. The maximum absolute atomic E-state index is 11.9. The van der Waals surface area contributed by atoms with Crippen molar-refractivity contribution < 1.29 is 19.4 Å². The molecule has 6 heteroatoms. The molecule has 3 N–H and O–H groups in total. The minimum atomic E-state index is -0.310. The highest BCUT2D eigenvalue weighted by Gasteiger charge is 2.33. The molecule has 1 aromatic carbocycles. The van der Waals surface area contributed by atoms with Crippen molar-refractivity contribution in [3.63, 3.8) is 0 Å². The highest BCUT2D eigenvalue weighted by molar-refractivity contribution is 6.32. The van der Waals surface area contributed by atoms with Gasteiger partial charge >= 0.3 is 5.63 Å². The summed E-state index contributed by atoms with van der Waals surface area (Å²) in [6, 6.07) is 5.32. The average molecular weight is 367 g/mol. The molecule has 0 unspecified atom stereocenters. The Morgan fingerprint density at radius 3 is 2.68 bits per heavy atom. The number of quaternary nitrogens is 2. The molecule has 0 saturated carbocycles. The van der Waals surface area contributed by atoms with E-state index < -0.39 is 0 Å². The van der Waals surface area contributed by atoms with Crippen LogP contribution in [0.1, 0.15) is 25.0 Å². The second kappa shape index (κ2) is 7.46. The van der Waals surface area contributed by atoms with Gasteiger partial charge in [0.15, 0.2) is 0 Å². The summed E-state index contributed by atoms with van der Waals surface area (Å²) in [7, 11) is 0. The van der Waals surface area contributed by atoms with E-state index >= 15 is 0 Å². The molecule has 25 heavy (non-hydrogen) atoms. The largest absolute Gasteiger partial charge is 0.423 e. The van der Waals surface area contributed by atoms with Gasteiger partial charge in [-0.15, -0.1) is 0 Å². The maximum Gasteiger partial charge on any atom is 0.336 e. The third-order valence-electron chi connectivity index (χ3n) is 5.18. The summed E-state index contributed by atoms with van der Waals surface area (Å²) in [6.45, 7) is 12.0. The van der Waals surface area contributed by atoms with Crippen molar-refractivity contribution >= 4 is 22.6 Å². The standard InChI is InChI=1S/C19H25ClN2O3/c1-13-8-17-15(10-16(13)20)14(9-18(23)25-17)11-21-12-19(2,3)22-4-6-24-7-5-22/h8-10,21H,4-7,11-12H2,1-3H3/p+2. The van der Waals surface area contributed by atoms with Gasteiger partial charge in [0.2, 0.25) is 0 Å². The predicted molar refractivity (Wildman–Crippen MR) is 98.3 cm³/mol. The molecule has 0 bridgehead atoms. The van der Waals surface area contributed by atoms with E-state index in [2.05, 4.69) is 19.2 Å². The molecule has 3 rings (SSSR count). The summed E-state index contributed by atoms with van der Waals surface area (Å²) in [5, 5.41) is 3.88. The zero-order valence-electron chi connectivity index (χ0n) is 15.2. The van der Waals surface area contributed by atoms with E-state index in [9.17, 15) is 4.79 Å². The van der Waals surface area contributed by atoms with Gasteiger partial charge in [-0.05, 0) is 38.5 Å². The molecular formula is C19H27ClN2O3+2. The lowest BCUT2D eigenvalue weighted by atomic mass is 10.0. The first-order valence-electron chi connectivity index (χ1n) is 8.84. The second-order valence-corrected chi connectivity index (χ2v) is 7.89. The lowest BCUT2D eigenvalue weighted by Gasteiger charge is -2.36. The number of morpholine rings is 1. The van der Waals surface area contributed by atoms with E-state index in [-0.39, 0.29) is 11.2 Å². The lowest BCUT2D eigenvalue weighted by molar-refractivity contribution is -0.969. The van der Waals surface area contributed by atoms with E-state index in [1.165, 1.54) is 0 Å². The molecule has 136 valence electrons. The Morgan fingerprint density at radius 1 is 1.24 bits per heavy atom. The number of benzene rings is 1. The molecule has 1 fully saturated rings. The molecule has 0 radical (unpaired) electrons. The third-order valence-corrected chi connectivity index (χ3v) is 5.59. The van der Waals surface area contributed by atoms with Crippen LogP contribution in [-0.4, -0.2) is 38.4 Å². The van der Waals surface area contributed by atoms with Crippen molar-refractivity contribution in [3.8, 4) is 0 Å². The number of nitrogens with two attached hydrogens (primary N) is 1. The Balaban J connectivity index is 1.74. The van der Waals surface area contributed by atoms with Crippen molar-refractivity contribution in [2.45, 2.75) is 32.9 Å². The molecule has 1 saturated heterocycles. The van der Waals surface area contributed by atoms with E-state index in [0.717, 1.165) is 55.9 Å². The lowest BCUT2D eigenvalue weighted by Crippen LogP contribution is -3.23. The van der Waals surface area contributed by atoms with Gasteiger partial charge < -0.3 is 19.4 Å². The summed E-state index contributed by atoms with van der Waals surface area (Å²) < 4.78 is 10.8. The fraction of sp³-hybridized carbons (Fsp3) is 0.526. The first-order chi connectivity index (χ1) is 11.9. The molecule has 1 aliphatic heterocycles. The minimum absolute atomic E-state index is 0.160. The second-order valence-electron chi connectivity index (χ2n) is 7.48. The monoisotopic (exact) mass is 366 g/mol. The molecule has 0 aliphatic carbocycles. The molecule has 0 amide bonds. The van der Waals surface area contributed by atoms with Crippen molar-refractivity contribution in [2.24, 2.45) is 0 Å². The average Bonchev–Trinajstić information content (AvgIpc) is 2.57. The van der Waals surface area contributed by atoms with Crippen LogP contribution in [0.5, 0.6) is 0 Å². The number of aryl methyl sites for hydroxylation is 1. The van der Waals surface area contributed by atoms with Crippen molar-refractivity contribution in [1.29, 1.82) is 0 Å². The molecule has 1 aliphatic rings. The van der Waals surface area contributed by atoms with Crippen molar-refractivity contribution in [2.75, 3.05) is 32.8 Å². The Hall–Kier alpha value is -1.40. The summed E-state index contributed by atoms with van der Waals surface area (Å²) >= 11 is 6.26. The van der Waals surface area contributed by atoms with Gasteiger partial charge in [-0.3, -0.25) is 0 Å². The minimum Gasteiger partial charge on any atom is -0.423 e. The smallest absolute Gasteiger partial charge is 0.336 e. The van der Waals surface area contributed by atoms with Crippen LogP contribution in [0.3, 0.4) is 0 Å². The SMILES string of the molecule is Cc1cc2oc(=O)cc(C[NH2+]CC(C)(C)[NH+]3CCOCC3)c2cc1Cl. The number of rotatable bonds is 5. The van der Waals surface area contributed by atoms with Gasteiger partial charge in [0.25, 0.3) is 0 Å². The normalized spacial score (nSPS) is 16.5. The van der Waals surface area contributed by atoms with E-state index in [0.29, 0.717) is 10.6 Å². The first-order valence-corrected chi connectivity index (χ1v) is 9.22. The van der Waals surface area contributed by atoms with Crippen LogP contribution >= 0.6 is 11.6 Å². The molecule has 0 spiro atoms. The van der Waals surface area contributed by atoms with Crippen LogP contribution in [0.2, 0.25) is 5.02 Å². The summed E-state index contributed by atoms with van der Waals surface area (Å²) in [5.74, 6) is 0. The van der Waals surface area contributed by atoms with Gasteiger partial charge in [-0.2, -0.15) is 0 Å². The molecule has 2 heterocycles. The molecule has 2 aromatic rings. The van der Waals surface area contributed by atoms with Crippen molar-refractivity contribution in [3.05, 3.63) is 44.8 Å². The zero-order valence-corrected chi connectivity index (χ0v) is 15.9. The predicted octanol–water partition coefficient (Wildman–Crippen LogP) is 0.512. The highest BCUT2D eigenvalue weighted by atomic mass is 35.5.